The Morgan fingerprint density at radius 2 is 2.15 bits per heavy atom. The fourth-order valence-corrected chi connectivity index (χ4v) is 1.52. The number of hydrogen-bond acceptors (Lipinski definition) is 4. The Balaban J connectivity index is 3.33. The lowest BCUT2D eigenvalue weighted by molar-refractivity contribution is 0.394. The molecule has 0 saturated heterocycles. The second-order valence-corrected chi connectivity index (χ2v) is 3.43. The van der Waals surface area contributed by atoms with Gasteiger partial charge in [0.05, 0.1) is 12.0 Å². The summed E-state index contributed by atoms with van der Waals surface area (Å²) in [5.41, 5.74) is 0.500. The van der Waals surface area contributed by atoms with Crippen LogP contribution in [-0.2, 0) is 11.1 Å². The number of aryl methyl sites for hydroxylation is 1. The molecule has 0 fully saturated rings. The van der Waals surface area contributed by atoms with Gasteiger partial charge in [0.1, 0.15) is 11.5 Å². The highest BCUT2D eigenvalue weighted by Gasteiger charge is 2.07. The van der Waals surface area contributed by atoms with E-state index in [4.69, 9.17) is 4.74 Å². The minimum Gasteiger partial charge on any atom is -0.768 e. The summed E-state index contributed by atoms with van der Waals surface area (Å²) >= 11 is -2.35. The number of aromatic hydroxyl groups is 1. The molecule has 0 heterocycles. The van der Waals surface area contributed by atoms with E-state index in [0.29, 0.717) is 5.56 Å². The van der Waals surface area contributed by atoms with Crippen molar-refractivity contribution in [2.75, 3.05) is 7.11 Å². The predicted octanol–water partition coefficient (Wildman–Crippen LogP) is 0.947. The summed E-state index contributed by atoms with van der Waals surface area (Å²) in [6, 6.07) is 2.64. The van der Waals surface area contributed by atoms with Crippen molar-refractivity contribution in [3.05, 3.63) is 17.7 Å². The van der Waals surface area contributed by atoms with Crippen molar-refractivity contribution >= 4 is 11.1 Å². The SMILES string of the molecule is COc1cc(O)c(C)cc1S(=O)[O-]. The van der Waals surface area contributed by atoms with Crippen molar-refractivity contribution in [2.24, 2.45) is 0 Å². The van der Waals surface area contributed by atoms with E-state index >= 15 is 0 Å². The van der Waals surface area contributed by atoms with Gasteiger partial charge in [0.2, 0.25) is 0 Å². The fourth-order valence-electron chi connectivity index (χ4n) is 0.941. The number of phenolic OH excluding ortho intramolecular Hbond substituents is 1. The average molecular weight is 201 g/mol. The Morgan fingerprint density at radius 3 is 2.62 bits per heavy atom. The topological polar surface area (TPSA) is 69.6 Å². The summed E-state index contributed by atoms with van der Waals surface area (Å²) in [4.78, 5) is 0.0535. The zero-order valence-electron chi connectivity index (χ0n) is 7.23. The van der Waals surface area contributed by atoms with Crippen molar-refractivity contribution < 1.29 is 18.6 Å². The number of phenols is 1. The molecule has 0 aliphatic heterocycles. The normalized spacial score (nSPS) is 12.5. The van der Waals surface area contributed by atoms with Crippen LogP contribution in [0.3, 0.4) is 0 Å². The van der Waals surface area contributed by atoms with Gasteiger partial charge in [-0.1, -0.05) is 0 Å². The molecule has 0 aromatic heterocycles. The third kappa shape index (κ3) is 1.99. The highest BCUT2D eigenvalue weighted by Crippen LogP contribution is 2.29. The number of hydrogen-bond donors (Lipinski definition) is 1. The second kappa shape index (κ2) is 3.76. The molecule has 1 aromatic carbocycles. The molecule has 1 aromatic rings. The van der Waals surface area contributed by atoms with Crippen LogP contribution in [0.5, 0.6) is 11.5 Å². The van der Waals surface area contributed by atoms with Crippen molar-refractivity contribution in [3.8, 4) is 11.5 Å². The second-order valence-electron chi connectivity index (χ2n) is 2.52. The standard InChI is InChI=1S/C8H10O4S/c1-5-3-8(13(10)11)7(12-2)4-6(5)9/h3-4,9H,1-2H3,(H,10,11)/p-1. The molecule has 13 heavy (non-hydrogen) atoms. The molecule has 5 heteroatoms. The molecule has 1 unspecified atom stereocenters. The van der Waals surface area contributed by atoms with Crippen LogP contribution in [0, 0.1) is 6.92 Å². The van der Waals surface area contributed by atoms with Gasteiger partial charge in [-0.2, -0.15) is 0 Å². The van der Waals surface area contributed by atoms with Gasteiger partial charge in [-0.15, -0.1) is 0 Å². The van der Waals surface area contributed by atoms with Crippen LogP contribution in [0.4, 0.5) is 0 Å². The number of rotatable bonds is 2. The van der Waals surface area contributed by atoms with Gasteiger partial charge < -0.3 is 14.4 Å². The van der Waals surface area contributed by atoms with Gasteiger partial charge in [-0.3, -0.25) is 4.21 Å². The largest absolute Gasteiger partial charge is 0.768 e. The summed E-state index contributed by atoms with van der Waals surface area (Å²) in [5.74, 6) is 0.169. The predicted molar refractivity (Wildman–Crippen MR) is 46.6 cm³/mol. The first kappa shape index (κ1) is 10.0. The molecule has 4 nitrogen and oxygen atoms in total. The zero-order chi connectivity index (χ0) is 10.0. The molecule has 0 spiro atoms. The maximum Gasteiger partial charge on any atom is 0.137 e. The summed E-state index contributed by atoms with van der Waals surface area (Å²) in [7, 11) is 1.35. The monoisotopic (exact) mass is 201 g/mol. The quantitative estimate of drug-likeness (QED) is 0.723. The van der Waals surface area contributed by atoms with Crippen molar-refractivity contribution in [1.82, 2.24) is 0 Å². The van der Waals surface area contributed by atoms with E-state index in [2.05, 4.69) is 0 Å². The summed E-state index contributed by atoms with van der Waals surface area (Å²) < 4.78 is 26.2. The first-order chi connectivity index (χ1) is 6.06. The third-order valence-electron chi connectivity index (χ3n) is 1.66. The lowest BCUT2D eigenvalue weighted by atomic mass is 10.2. The molecular formula is C8H9O4S-. The van der Waals surface area contributed by atoms with Crippen LogP contribution in [-0.4, -0.2) is 21.0 Å². The van der Waals surface area contributed by atoms with Crippen molar-refractivity contribution in [3.63, 3.8) is 0 Å². The third-order valence-corrected chi connectivity index (χ3v) is 2.34. The molecule has 72 valence electrons. The van der Waals surface area contributed by atoms with E-state index in [1.54, 1.807) is 6.92 Å². The minimum absolute atomic E-state index is 0.0195. The van der Waals surface area contributed by atoms with Crippen LogP contribution in [0.1, 0.15) is 5.56 Å². The minimum atomic E-state index is -2.35. The van der Waals surface area contributed by atoms with Crippen LogP contribution < -0.4 is 4.74 Å². The Bertz CT molecular complexity index is 348. The molecule has 0 aliphatic rings. The maximum absolute atomic E-state index is 10.7. The van der Waals surface area contributed by atoms with Gasteiger partial charge in [-0.25, -0.2) is 0 Å². The molecule has 0 amide bonds. The van der Waals surface area contributed by atoms with E-state index in [-0.39, 0.29) is 16.4 Å². The van der Waals surface area contributed by atoms with E-state index in [1.807, 2.05) is 0 Å². The smallest absolute Gasteiger partial charge is 0.137 e. The van der Waals surface area contributed by atoms with Crippen LogP contribution in [0.2, 0.25) is 0 Å². The molecule has 1 atom stereocenters. The molecule has 0 aliphatic carbocycles. The van der Waals surface area contributed by atoms with Gasteiger partial charge >= 0.3 is 0 Å². The van der Waals surface area contributed by atoms with Crippen molar-refractivity contribution in [2.45, 2.75) is 11.8 Å². The van der Waals surface area contributed by atoms with Gasteiger partial charge in [0.15, 0.2) is 0 Å². The lowest BCUT2D eigenvalue weighted by Gasteiger charge is -2.12. The number of benzene rings is 1. The van der Waals surface area contributed by atoms with Gasteiger partial charge in [-0.05, 0) is 29.6 Å². The van der Waals surface area contributed by atoms with Gasteiger partial charge in [0, 0.05) is 6.07 Å². The number of ether oxygens (including phenoxy) is 1. The zero-order valence-corrected chi connectivity index (χ0v) is 8.05. The highest BCUT2D eigenvalue weighted by molar-refractivity contribution is 7.79. The van der Waals surface area contributed by atoms with Crippen molar-refractivity contribution in [1.29, 1.82) is 0 Å². The average Bonchev–Trinajstić information content (AvgIpc) is 2.08. The van der Waals surface area contributed by atoms with Crippen LogP contribution in [0.15, 0.2) is 17.0 Å². The summed E-state index contributed by atoms with van der Waals surface area (Å²) in [6.45, 7) is 1.62. The fraction of sp³-hybridized carbons (Fsp3) is 0.250. The maximum atomic E-state index is 10.7. The Kier molecular flexibility index (Phi) is 2.90. The van der Waals surface area contributed by atoms with Crippen LogP contribution in [0.25, 0.3) is 0 Å². The molecule has 1 rings (SSSR count). The van der Waals surface area contributed by atoms with E-state index in [1.165, 1.54) is 19.2 Å². The van der Waals surface area contributed by atoms with E-state index in [9.17, 15) is 13.9 Å². The molecule has 0 radical (unpaired) electrons. The lowest BCUT2D eigenvalue weighted by Crippen LogP contribution is -1.95. The molecule has 1 N–H and O–H groups in total. The molecule has 0 saturated carbocycles. The first-order valence-corrected chi connectivity index (χ1v) is 4.60. The van der Waals surface area contributed by atoms with Crippen LogP contribution >= 0.6 is 0 Å². The molecule has 0 bridgehead atoms. The van der Waals surface area contributed by atoms with Gasteiger partial charge in [0.25, 0.3) is 0 Å². The Morgan fingerprint density at radius 1 is 1.54 bits per heavy atom. The highest BCUT2D eigenvalue weighted by atomic mass is 32.2. The summed E-state index contributed by atoms with van der Waals surface area (Å²) in [6.07, 6.45) is 0. The Labute approximate surface area is 78.4 Å². The Hall–Kier alpha value is -1.07. The number of methoxy groups -OCH3 is 1. The first-order valence-electron chi connectivity index (χ1n) is 3.53. The summed E-state index contributed by atoms with van der Waals surface area (Å²) in [5, 5.41) is 9.26. The van der Waals surface area contributed by atoms with E-state index in [0.717, 1.165) is 0 Å². The molecular weight excluding hydrogens is 192 g/mol. The van der Waals surface area contributed by atoms with E-state index < -0.39 is 11.1 Å².